The molecular weight excluding hydrogens is 323 g/mol. The van der Waals surface area contributed by atoms with Crippen LogP contribution in [0, 0.1) is 0 Å². The van der Waals surface area contributed by atoms with Crippen LogP contribution in [0.15, 0.2) is 18.2 Å². The second kappa shape index (κ2) is 10.9. The molecule has 1 aliphatic rings. The number of hydrogen-bond acceptors (Lipinski definition) is 4. The van der Waals surface area contributed by atoms with Gasteiger partial charge in [0.15, 0.2) is 0 Å². The molecular formula is C16H28Cl2N2O2. The zero-order valence-electron chi connectivity index (χ0n) is 13.1. The largest absolute Gasteiger partial charge is 0.508 e. The van der Waals surface area contributed by atoms with Crippen LogP contribution < -0.4 is 5.32 Å². The van der Waals surface area contributed by atoms with Gasteiger partial charge in [-0.15, -0.1) is 24.8 Å². The fourth-order valence-electron chi connectivity index (χ4n) is 2.93. The maximum atomic E-state index is 10.1. The minimum atomic E-state index is 0. The molecule has 3 N–H and O–H groups in total. The van der Waals surface area contributed by atoms with Crippen molar-refractivity contribution in [1.82, 2.24) is 10.2 Å². The van der Waals surface area contributed by atoms with Crippen LogP contribution in [0.25, 0.3) is 0 Å². The molecule has 0 aliphatic carbocycles. The van der Waals surface area contributed by atoms with E-state index in [-0.39, 0.29) is 36.6 Å². The van der Waals surface area contributed by atoms with E-state index in [4.69, 9.17) is 0 Å². The predicted octanol–water partition coefficient (Wildman–Crippen LogP) is 3.47. The molecule has 1 heterocycles. The summed E-state index contributed by atoms with van der Waals surface area (Å²) in [5.41, 5.74) is 0.864. The van der Waals surface area contributed by atoms with Crippen molar-refractivity contribution in [2.45, 2.75) is 38.6 Å². The third-order valence-electron chi connectivity index (χ3n) is 4.04. The fraction of sp³-hybridized carbons (Fsp3) is 0.625. The summed E-state index contributed by atoms with van der Waals surface area (Å²) in [6, 6.07) is 5.06. The highest BCUT2D eigenvalue weighted by atomic mass is 35.5. The van der Waals surface area contributed by atoms with Crippen LogP contribution in [-0.4, -0.2) is 41.3 Å². The number of unbranched alkanes of at least 4 members (excludes halogenated alkanes) is 2. The molecule has 0 aromatic heterocycles. The Morgan fingerprint density at radius 1 is 1.14 bits per heavy atom. The Hall–Kier alpha value is -0.680. The molecule has 0 spiro atoms. The zero-order chi connectivity index (χ0) is 14.4. The first-order chi connectivity index (χ1) is 9.72. The number of halogens is 2. The Morgan fingerprint density at radius 3 is 2.45 bits per heavy atom. The van der Waals surface area contributed by atoms with Gasteiger partial charge in [0.05, 0.1) is 0 Å². The third-order valence-corrected chi connectivity index (χ3v) is 4.04. The second-order valence-electron chi connectivity index (χ2n) is 5.54. The fourth-order valence-corrected chi connectivity index (χ4v) is 2.93. The summed E-state index contributed by atoms with van der Waals surface area (Å²) in [5.74, 6) is 0.524. The highest BCUT2D eigenvalue weighted by Crippen LogP contribution is 2.35. The van der Waals surface area contributed by atoms with Crippen LogP contribution in [-0.2, 0) is 0 Å². The summed E-state index contributed by atoms with van der Waals surface area (Å²) < 4.78 is 0. The van der Waals surface area contributed by atoms with Crippen molar-refractivity contribution in [1.29, 1.82) is 0 Å². The van der Waals surface area contributed by atoms with E-state index < -0.39 is 0 Å². The van der Waals surface area contributed by atoms with Crippen LogP contribution in [0.5, 0.6) is 11.5 Å². The first kappa shape index (κ1) is 21.3. The molecule has 6 heteroatoms. The summed E-state index contributed by atoms with van der Waals surface area (Å²) >= 11 is 0. The van der Waals surface area contributed by atoms with Gasteiger partial charge < -0.3 is 15.5 Å². The number of nitrogens with zero attached hydrogens (tertiary/aromatic N) is 1. The molecule has 128 valence electrons. The quantitative estimate of drug-likeness (QED) is 0.543. The van der Waals surface area contributed by atoms with E-state index in [1.54, 1.807) is 18.2 Å². The molecule has 1 saturated heterocycles. The lowest BCUT2D eigenvalue weighted by Crippen LogP contribution is -2.45. The standard InChI is InChI=1S/C16H26N2O2.2ClH/c1-2-3-4-5-15(18-10-8-17-9-11-18)14-12-13(19)6-7-16(14)20;;/h6-7,12,15,17,19-20H,2-5,8-11H2,1H3;2*1H/t15-;;/m1../s1. The van der Waals surface area contributed by atoms with E-state index >= 15 is 0 Å². The van der Waals surface area contributed by atoms with E-state index in [0.29, 0.717) is 5.75 Å². The number of benzene rings is 1. The second-order valence-corrected chi connectivity index (χ2v) is 5.54. The van der Waals surface area contributed by atoms with Gasteiger partial charge >= 0.3 is 0 Å². The van der Waals surface area contributed by atoms with Crippen molar-refractivity contribution in [3.63, 3.8) is 0 Å². The molecule has 0 bridgehead atoms. The molecule has 1 fully saturated rings. The monoisotopic (exact) mass is 350 g/mol. The lowest BCUT2D eigenvalue weighted by Gasteiger charge is -2.35. The Kier molecular flexibility index (Phi) is 10.6. The van der Waals surface area contributed by atoms with E-state index in [9.17, 15) is 10.2 Å². The minimum Gasteiger partial charge on any atom is -0.508 e. The van der Waals surface area contributed by atoms with Crippen molar-refractivity contribution < 1.29 is 10.2 Å². The molecule has 1 aliphatic heterocycles. The Balaban J connectivity index is 0.00000220. The van der Waals surface area contributed by atoms with Gasteiger partial charge in [-0.05, 0) is 24.6 Å². The van der Waals surface area contributed by atoms with Crippen LogP contribution in [0.1, 0.15) is 44.2 Å². The van der Waals surface area contributed by atoms with Gasteiger partial charge in [-0.3, -0.25) is 4.90 Å². The Labute approximate surface area is 145 Å². The average molecular weight is 351 g/mol. The average Bonchev–Trinajstić information content (AvgIpc) is 2.48. The van der Waals surface area contributed by atoms with Crippen molar-refractivity contribution in [3.8, 4) is 11.5 Å². The number of nitrogens with one attached hydrogen (secondary N) is 1. The Morgan fingerprint density at radius 2 is 1.82 bits per heavy atom. The number of phenols is 2. The third kappa shape index (κ3) is 5.84. The smallest absolute Gasteiger partial charge is 0.120 e. The molecule has 1 atom stereocenters. The molecule has 0 radical (unpaired) electrons. The number of hydrogen-bond donors (Lipinski definition) is 3. The van der Waals surface area contributed by atoms with E-state index in [0.717, 1.165) is 44.6 Å². The molecule has 2 rings (SSSR count). The predicted molar refractivity (Wildman–Crippen MR) is 95.6 cm³/mol. The summed E-state index contributed by atoms with van der Waals surface area (Å²) in [6.07, 6.45) is 4.59. The van der Waals surface area contributed by atoms with Gasteiger partial charge in [0, 0.05) is 37.8 Å². The highest BCUT2D eigenvalue weighted by molar-refractivity contribution is 5.85. The van der Waals surface area contributed by atoms with Gasteiger partial charge in [0.25, 0.3) is 0 Å². The van der Waals surface area contributed by atoms with Gasteiger partial charge in [-0.1, -0.05) is 26.2 Å². The maximum absolute atomic E-state index is 10.1. The normalized spacial score (nSPS) is 16.4. The summed E-state index contributed by atoms with van der Waals surface area (Å²) in [6.45, 7) is 6.16. The number of rotatable bonds is 6. The van der Waals surface area contributed by atoms with Crippen molar-refractivity contribution in [3.05, 3.63) is 23.8 Å². The van der Waals surface area contributed by atoms with Gasteiger partial charge in [-0.25, -0.2) is 0 Å². The summed E-state index contributed by atoms with van der Waals surface area (Å²) in [7, 11) is 0. The van der Waals surface area contributed by atoms with Crippen molar-refractivity contribution >= 4 is 24.8 Å². The number of phenolic OH excluding ortho intramolecular Hbond substituents is 2. The van der Waals surface area contributed by atoms with E-state index in [2.05, 4.69) is 17.1 Å². The molecule has 0 saturated carbocycles. The van der Waals surface area contributed by atoms with Crippen molar-refractivity contribution in [2.24, 2.45) is 0 Å². The topological polar surface area (TPSA) is 55.7 Å². The van der Waals surface area contributed by atoms with Gasteiger partial charge in [0.1, 0.15) is 11.5 Å². The first-order valence-electron chi connectivity index (χ1n) is 7.69. The van der Waals surface area contributed by atoms with Gasteiger partial charge in [-0.2, -0.15) is 0 Å². The summed E-state index contributed by atoms with van der Waals surface area (Å²) in [4.78, 5) is 2.42. The van der Waals surface area contributed by atoms with Gasteiger partial charge in [0.2, 0.25) is 0 Å². The Bertz CT molecular complexity index is 427. The lowest BCUT2D eigenvalue weighted by molar-refractivity contribution is 0.160. The lowest BCUT2D eigenvalue weighted by atomic mass is 9.97. The minimum absolute atomic E-state index is 0. The molecule has 1 aromatic rings. The van der Waals surface area contributed by atoms with Crippen LogP contribution in [0.2, 0.25) is 0 Å². The van der Waals surface area contributed by atoms with Crippen molar-refractivity contribution in [2.75, 3.05) is 26.2 Å². The van der Waals surface area contributed by atoms with Crippen LogP contribution in [0.4, 0.5) is 0 Å². The maximum Gasteiger partial charge on any atom is 0.120 e. The molecule has 0 amide bonds. The number of aromatic hydroxyl groups is 2. The zero-order valence-corrected chi connectivity index (χ0v) is 14.8. The highest BCUT2D eigenvalue weighted by Gasteiger charge is 2.24. The summed E-state index contributed by atoms with van der Waals surface area (Å²) in [5, 5.41) is 23.2. The molecule has 1 aromatic carbocycles. The van der Waals surface area contributed by atoms with Crippen LogP contribution >= 0.6 is 24.8 Å². The van der Waals surface area contributed by atoms with E-state index in [1.807, 2.05) is 0 Å². The molecule has 22 heavy (non-hydrogen) atoms. The SMILES string of the molecule is CCCCC[C@H](c1cc(O)ccc1O)N1CCNCC1.Cl.Cl. The number of piperazine rings is 1. The first-order valence-corrected chi connectivity index (χ1v) is 7.69. The van der Waals surface area contributed by atoms with Crippen LogP contribution in [0.3, 0.4) is 0 Å². The molecule has 0 unspecified atom stereocenters. The molecule has 4 nitrogen and oxygen atoms in total. The van der Waals surface area contributed by atoms with E-state index in [1.165, 1.54) is 12.8 Å².